The molecule has 1 aliphatic heterocycles. The fraction of sp³-hybridized carbons (Fsp3) is 0.455. The van der Waals surface area contributed by atoms with E-state index in [2.05, 4.69) is 53.4 Å². The van der Waals surface area contributed by atoms with Crippen LogP contribution >= 0.6 is 0 Å². The highest BCUT2D eigenvalue weighted by Gasteiger charge is 2.08. The van der Waals surface area contributed by atoms with E-state index in [0.717, 1.165) is 18.8 Å². The van der Waals surface area contributed by atoms with E-state index in [1.54, 1.807) is 0 Å². The Kier molecular flexibility index (Phi) is 6.73. The minimum absolute atomic E-state index is 0.818. The van der Waals surface area contributed by atoms with Gasteiger partial charge in [0, 0.05) is 0 Å². The van der Waals surface area contributed by atoms with Crippen molar-refractivity contribution in [2.45, 2.75) is 38.5 Å². The second kappa shape index (κ2) is 9.48. The molecule has 1 heterocycles. The van der Waals surface area contributed by atoms with Crippen molar-refractivity contribution in [2.24, 2.45) is 0 Å². The lowest BCUT2D eigenvalue weighted by atomic mass is 10.1. The fourth-order valence-electron chi connectivity index (χ4n) is 3.38. The monoisotopic (exact) mass is 323 g/mol. The van der Waals surface area contributed by atoms with Crippen molar-refractivity contribution in [3.8, 4) is 16.9 Å². The zero-order valence-electron chi connectivity index (χ0n) is 14.6. The molecule has 3 rings (SSSR count). The molecule has 1 fully saturated rings. The van der Waals surface area contributed by atoms with Crippen LogP contribution in [-0.2, 0) is 0 Å². The minimum Gasteiger partial charge on any atom is -0.494 e. The van der Waals surface area contributed by atoms with E-state index >= 15 is 0 Å². The summed E-state index contributed by atoms with van der Waals surface area (Å²) in [6, 6.07) is 18.9. The molecule has 2 heteroatoms. The Morgan fingerprint density at radius 2 is 1.54 bits per heavy atom. The number of rotatable bonds is 8. The van der Waals surface area contributed by atoms with Gasteiger partial charge < -0.3 is 9.64 Å². The van der Waals surface area contributed by atoms with E-state index in [-0.39, 0.29) is 0 Å². The van der Waals surface area contributed by atoms with E-state index in [1.165, 1.54) is 62.9 Å². The Labute approximate surface area is 146 Å². The van der Waals surface area contributed by atoms with Crippen molar-refractivity contribution in [1.29, 1.82) is 0 Å². The summed E-state index contributed by atoms with van der Waals surface area (Å²) in [6.45, 7) is 4.70. The quantitative estimate of drug-likeness (QED) is 0.604. The third-order valence-corrected chi connectivity index (χ3v) is 4.78. The Hall–Kier alpha value is -1.80. The van der Waals surface area contributed by atoms with Crippen LogP contribution in [0.5, 0.6) is 5.75 Å². The highest BCUT2D eigenvalue weighted by Crippen LogP contribution is 2.23. The van der Waals surface area contributed by atoms with Crippen LogP contribution in [0.2, 0.25) is 0 Å². The molecule has 128 valence electrons. The Morgan fingerprint density at radius 1 is 0.750 bits per heavy atom. The molecule has 0 atom stereocenters. The van der Waals surface area contributed by atoms with Crippen LogP contribution in [0.1, 0.15) is 38.5 Å². The number of unbranched alkanes of at least 4 members (excludes halogenated alkanes) is 2. The van der Waals surface area contributed by atoms with Crippen LogP contribution in [0.15, 0.2) is 54.6 Å². The summed E-state index contributed by atoms with van der Waals surface area (Å²) >= 11 is 0. The van der Waals surface area contributed by atoms with Gasteiger partial charge in [-0.1, -0.05) is 48.9 Å². The van der Waals surface area contributed by atoms with Crippen molar-refractivity contribution >= 4 is 0 Å². The zero-order chi connectivity index (χ0) is 16.5. The number of ether oxygens (including phenoxy) is 1. The third-order valence-electron chi connectivity index (χ3n) is 4.78. The molecule has 2 nitrogen and oxygen atoms in total. The van der Waals surface area contributed by atoms with Gasteiger partial charge in [-0.05, 0) is 75.0 Å². The summed E-state index contributed by atoms with van der Waals surface area (Å²) < 4.78 is 5.95. The lowest BCUT2D eigenvalue weighted by molar-refractivity contribution is 0.221. The van der Waals surface area contributed by atoms with Gasteiger partial charge in [-0.25, -0.2) is 0 Å². The zero-order valence-corrected chi connectivity index (χ0v) is 14.6. The fourth-order valence-corrected chi connectivity index (χ4v) is 3.38. The first kappa shape index (κ1) is 17.0. The maximum absolute atomic E-state index is 5.95. The Balaban J connectivity index is 1.36. The number of likely N-dealkylation sites (tertiary alicyclic amines) is 1. The molecule has 0 aliphatic carbocycles. The smallest absolute Gasteiger partial charge is 0.119 e. The van der Waals surface area contributed by atoms with Crippen LogP contribution in [0.3, 0.4) is 0 Å². The summed E-state index contributed by atoms with van der Waals surface area (Å²) in [7, 11) is 0. The first-order valence-electron chi connectivity index (χ1n) is 9.42. The molecule has 1 saturated heterocycles. The summed E-state index contributed by atoms with van der Waals surface area (Å²) in [5.41, 5.74) is 2.46. The van der Waals surface area contributed by atoms with E-state index < -0.39 is 0 Å². The average Bonchev–Trinajstić information content (AvgIpc) is 2.66. The first-order valence-corrected chi connectivity index (χ1v) is 9.42. The number of piperidine rings is 1. The first-order chi connectivity index (χ1) is 11.9. The molecule has 0 bridgehead atoms. The van der Waals surface area contributed by atoms with Crippen molar-refractivity contribution < 1.29 is 4.74 Å². The van der Waals surface area contributed by atoms with Crippen molar-refractivity contribution in [2.75, 3.05) is 26.2 Å². The molecule has 0 amide bonds. The van der Waals surface area contributed by atoms with Gasteiger partial charge in [0.2, 0.25) is 0 Å². The van der Waals surface area contributed by atoms with Gasteiger partial charge in [0.05, 0.1) is 6.61 Å². The lowest BCUT2D eigenvalue weighted by Gasteiger charge is -2.26. The third kappa shape index (κ3) is 5.38. The highest BCUT2D eigenvalue weighted by molar-refractivity contribution is 5.64. The van der Waals surface area contributed by atoms with E-state index in [0.29, 0.717) is 0 Å². The number of hydrogen-bond donors (Lipinski definition) is 0. The van der Waals surface area contributed by atoms with Gasteiger partial charge in [-0.2, -0.15) is 0 Å². The average molecular weight is 323 g/mol. The van der Waals surface area contributed by atoms with Gasteiger partial charge in [-0.15, -0.1) is 0 Å². The van der Waals surface area contributed by atoms with Crippen LogP contribution < -0.4 is 4.74 Å². The second-order valence-corrected chi connectivity index (χ2v) is 6.71. The molecule has 2 aromatic rings. The molecular formula is C22H29NO. The number of hydrogen-bond acceptors (Lipinski definition) is 2. The van der Waals surface area contributed by atoms with Crippen molar-refractivity contribution in [3.63, 3.8) is 0 Å². The van der Waals surface area contributed by atoms with E-state index in [9.17, 15) is 0 Å². The van der Waals surface area contributed by atoms with Crippen LogP contribution in [-0.4, -0.2) is 31.1 Å². The normalized spacial score (nSPS) is 15.3. The molecule has 24 heavy (non-hydrogen) atoms. The van der Waals surface area contributed by atoms with Crippen LogP contribution in [0, 0.1) is 0 Å². The SMILES string of the molecule is c1ccc(-c2cccc(OCCCCCN3CCCCC3)c2)cc1. The van der Waals surface area contributed by atoms with Gasteiger partial charge in [0.1, 0.15) is 5.75 Å². The van der Waals surface area contributed by atoms with Crippen molar-refractivity contribution in [1.82, 2.24) is 4.90 Å². The van der Waals surface area contributed by atoms with Gasteiger partial charge in [0.15, 0.2) is 0 Å². The Morgan fingerprint density at radius 3 is 2.38 bits per heavy atom. The molecule has 0 saturated carbocycles. The molecule has 0 spiro atoms. The van der Waals surface area contributed by atoms with E-state index in [1.807, 2.05) is 6.07 Å². The predicted molar refractivity (Wildman–Crippen MR) is 102 cm³/mol. The van der Waals surface area contributed by atoms with Gasteiger partial charge in [0.25, 0.3) is 0 Å². The molecule has 2 aromatic carbocycles. The van der Waals surface area contributed by atoms with Crippen LogP contribution in [0.25, 0.3) is 11.1 Å². The molecular weight excluding hydrogens is 294 g/mol. The number of benzene rings is 2. The lowest BCUT2D eigenvalue weighted by Crippen LogP contribution is -2.30. The summed E-state index contributed by atoms with van der Waals surface area (Å²) in [5.74, 6) is 0.979. The molecule has 0 aromatic heterocycles. The van der Waals surface area contributed by atoms with Crippen LogP contribution in [0.4, 0.5) is 0 Å². The maximum atomic E-state index is 5.95. The molecule has 0 unspecified atom stereocenters. The summed E-state index contributed by atoms with van der Waals surface area (Å²) in [4.78, 5) is 2.62. The maximum Gasteiger partial charge on any atom is 0.119 e. The number of nitrogens with zero attached hydrogens (tertiary/aromatic N) is 1. The largest absolute Gasteiger partial charge is 0.494 e. The summed E-state index contributed by atoms with van der Waals surface area (Å²) in [6.07, 6.45) is 7.90. The van der Waals surface area contributed by atoms with Gasteiger partial charge >= 0.3 is 0 Å². The highest BCUT2D eigenvalue weighted by atomic mass is 16.5. The van der Waals surface area contributed by atoms with Gasteiger partial charge in [-0.3, -0.25) is 0 Å². The Bertz CT molecular complexity index is 590. The standard InChI is InChI=1S/C22H29NO/c1-4-11-20(12-5-1)21-13-10-14-22(19-21)24-18-9-3-8-17-23-15-6-2-7-16-23/h1,4-5,10-14,19H,2-3,6-9,15-18H2. The minimum atomic E-state index is 0.818. The summed E-state index contributed by atoms with van der Waals surface area (Å²) in [5, 5.41) is 0. The predicted octanol–water partition coefficient (Wildman–Crippen LogP) is 5.39. The molecule has 0 N–H and O–H groups in total. The molecule has 0 radical (unpaired) electrons. The van der Waals surface area contributed by atoms with E-state index in [4.69, 9.17) is 4.74 Å². The second-order valence-electron chi connectivity index (χ2n) is 6.71. The molecule has 1 aliphatic rings. The van der Waals surface area contributed by atoms with Crippen molar-refractivity contribution in [3.05, 3.63) is 54.6 Å². The topological polar surface area (TPSA) is 12.5 Å².